The standard InChI is InChI=1S/C24H30N4O7.2ClH/c1-27(2)13-7-10(8-25)18(29)15-11(13)5-9-6-12-17(28(3)4)20(31)16(23(26)34)22(33)24(12,35)21(32)14(9)19(15)30;;/h7,9,12,17,29-30,33,35H,5-6,8,25H2,1-4H3,(H2,26,34);2*1H/t9-,12-,17-,24-;;/m0../s1. The molecule has 0 unspecified atom stereocenters. The van der Waals surface area contributed by atoms with Crippen molar-refractivity contribution in [3.8, 4) is 5.75 Å². The number of aromatic hydroxyl groups is 1. The van der Waals surface area contributed by atoms with Gasteiger partial charge in [0.15, 0.2) is 11.4 Å². The molecule has 0 bridgehead atoms. The summed E-state index contributed by atoms with van der Waals surface area (Å²) >= 11 is 0. The van der Waals surface area contributed by atoms with E-state index in [0.29, 0.717) is 16.8 Å². The minimum Gasteiger partial charge on any atom is -0.508 e. The SMILES string of the molecule is CN(C)c1cc(CN)c(O)c2c1C[C@H]1C[C@H]3[C@H](N(C)C)C(=O)C(C(N)=O)=C(O)[C@@]3(O)C(=O)C1=C2O.Cl.Cl. The van der Waals surface area contributed by atoms with Crippen molar-refractivity contribution in [2.75, 3.05) is 33.1 Å². The number of phenolic OH excluding ortho intramolecular Hbond substituents is 1. The summed E-state index contributed by atoms with van der Waals surface area (Å²) in [6, 6.07) is 0.599. The number of phenols is 1. The fourth-order valence-corrected chi connectivity index (χ4v) is 5.90. The fourth-order valence-electron chi connectivity index (χ4n) is 5.90. The molecule has 1 saturated carbocycles. The molecule has 1 amide bonds. The number of nitrogens with zero attached hydrogens (tertiary/aromatic N) is 2. The number of aliphatic hydroxyl groups excluding tert-OH is 2. The van der Waals surface area contributed by atoms with E-state index in [2.05, 4.69) is 0 Å². The molecule has 0 spiro atoms. The van der Waals surface area contributed by atoms with Crippen LogP contribution in [0.15, 0.2) is 23.0 Å². The molecular formula is C24H32Cl2N4O7. The van der Waals surface area contributed by atoms with Gasteiger partial charge in [-0.15, -0.1) is 24.8 Å². The average Bonchev–Trinajstić information content (AvgIpc) is 2.75. The molecule has 4 rings (SSSR count). The molecule has 0 saturated heterocycles. The number of fused-ring (bicyclic) bond motifs is 3. The second-order valence-corrected chi connectivity index (χ2v) is 9.82. The van der Waals surface area contributed by atoms with Crippen LogP contribution in [0.3, 0.4) is 0 Å². The van der Waals surface area contributed by atoms with Gasteiger partial charge in [-0.1, -0.05) is 0 Å². The summed E-state index contributed by atoms with van der Waals surface area (Å²) in [6.45, 7) is -0.0237. The van der Waals surface area contributed by atoms with E-state index in [9.17, 15) is 34.8 Å². The number of Topliss-reactive ketones (excluding diaryl/α,β-unsaturated/α-hetero) is 2. The largest absolute Gasteiger partial charge is 0.508 e. The predicted molar refractivity (Wildman–Crippen MR) is 141 cm³/mol. The fraction of sp³-hybridized carbons (Fsp3) is 0.458. The first-order chi connectivity index (χ1) is 16.3. The lowest BCUT2D eigenvalue weighted by Crippen LogP contribution is -2.65. The minimum absolute atomic E-state index is 0. The van der Waals surface area contributed by atoms with Crippen molar-refractivity contribution in [2.24, 2.45) is 23.3 Å². The Kier molecular flexibility index (Phi) is 8.33. The van der Waals surface area contributed by atoms with Crippen molar-refractivity contribution in [3.05, 3.63) is 39.7 Å². The predicted octanol–water partition coefficient (Wildman–Crippen LogP) is 0.332. The maximum absolute atomic E-state index is 13.8. The van der Waals surface area contributed by atoms with Gasteiger partial charge in [0.25, 0.3) is 5.91 Å². The van der Waals surface area contributed by atoms with Gasteiger partial charge in [0.2, 0.25) is 5.78 Å². The number of likely N-dealkylation sites (N-methyl/N-ethyl adjacent to an activating group) is 1. The number of nitrogens with two attached hydrogens (primary N) is 2. The van der Waals surface area contributed by atoms with Gasteiger partial charge in [-0.2, -0.15) is 0 Å². The Labute approximate surface area is 226 Å². The van der Waals surface area contributed by atoms with Gasteiger partial charge < -0.3 is 36.8 Å². The second-order valence-electron chi connectivity index (χ2n) is 9.82. The third-order valence-corrected chi connectivity index (χ3v) is 7.48. The van der Waals surface area contributed by atoms with E-state index >= 15 is 0 Å². The van der Waals surface area contributed by atoms with Gasteiger partial charge in [-0.25, -0.2) is 0 Å². The monoisotopic (exact) mass is 558 g/mol. The number of carbonyl (C=O) groups is 3. The number of aliphatic hydroxyl groups is 3. The van der Waals surface area contributed by atoms with Crippen molar-refractivity contribution < 1.29 is 34.8 Å². The van der Waals surface area contributed by atoms with Gasteiger partial charge in [0.05, 0.1) is 11.6 Å². The molecule has 1 aromatic rings. The van der Waals surface area contributed by atoms with E-state index in [1.807, 2.05) is 0 Å². The van der Waals surface area contributed by atoms with Crippen LogP contribution in [0, 0.1) is 11.8 Å². The molecule has 11 nitrogen and oxygen atoms in total. The minimum atomic E-state index is -2.66. The molecule has 3 aliphatic carbocycles. The molecule has 0 heterocycles. The quantitative estimate of drug-likeness (QED) is 0.280. The van der Waals surface area contributed by atoms with Gasteiger partial charge in [-0.05, 0) is 44.5 Å². The zero-order valence-electron chi connectivity index (χ0n) is 20.8. The summed E-state index contributed by atoms with van der Waals surface area (Å²) in [7, 11) is 6.71. The highest BCUT2D eigenvalue weighted by atomic mass is 35.5. The van der Waals surface area contributed by atoms with Crippen LogP contribution in [0.25, 0.3) is 5.76 Å². The van der Waals surface area contributed by atoms with Crippen LogP contribution in [0.2, 0.25) is 0 Å². The third-order valence-electron chi connectivity index (χ3n) is 7.48. The molecule has 204 valence electrons. The Balaban J connectivity index is 0.00000241. The molecule has 13 heteroatoms. The Hall–Kier alpha value is -2.83. The molecule has 8 N–H and O–H groups in total. The highest BCUT2D eigenvalue weighted by molar-refractivity contribution is 6.24. The van der Waals surface area contributed by atoms with E-state index in [4.69, 9.17) is 11.5 Å². The van der Waals surface area contributed by atoms with Crippen LogP contribution in [-0.4, -0.2) is 82.6 Å². The number of hydrogen-bond acceptors (Lipinski definition) is 10. The van der Waals surface area contributed by atoms with E-state index < -0.39 is 58.0 Å². The van der Waals surface area contributed by atoms with Gasteiger partial charge in [0, 0.05) is 43.4 Å². The van der Waals surface area contributed by atoms with Crippen LogP contribution in [0.1, 0.15) is 23.1 Å². The first-order valence-corrected chi connectivity index (χ1v) is 11.2. The Bertz CT molecular complexity index is 1240. The van der Waals surface area contributed by atoms with Crippen molar-refractivity contribution in [3.63, 3.8) is 0 Å². The molecule has 37 heavy (non-hydrogen) atoms. The highest BCUT2D eigenvalue weighted by Crippen LogP contribution is 2.54. The van der Waals surface area contributed by atoms with Crippen LogP contribution in [0.5, 0.6) is 5.75 Å². The number of benzene rings is 1. The molecule has 1 fully saturated rings. The van der Waals surface area contributed by atoms with Gasteiger partial charge >= 0.3 is 0 Å². The Morgan fingerprint density at radius 2 is 1.73 bits per heavy atom. The summed E-state index contributed by atoms with van der Waals surface area (Å²) in [5, 5.41) is 44.6. The molecule has 4 atom stereocenters. The summed E-state index contributed by atoms with van der Waals surface area (Å²) in [4.78, 5) is 42.2. The van der Waals surface area contributed by atoms with E-state index in [-0.39, 0.29) is 61.1 Å². The van der Waals surface area contributed by atoms with Crippen molar-refractivity contribution >= 4 is 53.7 Å². The Morgan fingerprint density at radius 3 is 2.22 bits per heavy atom. The number of amides is 1. The summed E-state index contributed by atoms with van der Waals surface area (Å²) in [5.74, 6) is -6.74. The summed E-state index contributed by atoms with van der Waals surface area (Å²) < 4.78 is 0. The number of anilines is 1. The second kappa shape index (κ2) is 10.1. The topological polar surface area (TPSA) is 191 Å². The Morgan fingerprint density at radius 1 is 1.14 bits per heavy atom. The molecule has 1 aromatic carbocycles. The molecule has 0 radical (unpaired) electrons. The third kappa shape index (κ3) is 4.05. The lowest BCUT2D eigenvalue weighted by molar-refractivity contribution is -0.153. The summed E-state index contributed by atoms with van der Waals surface area (Å²) in [5.41, 5.74) is 9.10. The smallest absolute Gasteiger partial charge is 0.255 e. The normalized spacial score (nSPS) is 26.6. The maximum Gasteiger partial charge on any atom is 0.255 e. The van der Waals surface area contributed by atoms with E-state index in [1.165, 1.54) is 4.90 Å². The highest BCUT2D eigenvalue weighted by Gasteiger charge is 2.64. The van der Waals surface area contributed by atoms with E-state index in [1.54, 1.807) is 39.2 Å². The number of halogens is 2. The average molecular weight is 559 g/mol. The zero-order chi connectivity index (χ0) is 26.1. The van der Waals surface area contributed by atoms with E-state index in [0.717, 1.165) is 0 Å². The zero-order valence-corrected chi connectivity index (χ0v) is 22.4. The van der Waals surface area contributed by atoms with Crippen molar-refractivity contribution in [1.29, 1.82) is 0 Å². The van der Waals surface area contributed by atoms with Crippen LogP contribution < -0.4 is 16.4 Å². The van der Waals surface area contributed by atoms with Gasteiger partial charge in [-0.3, -0.25) is 19.3 Å². The lowest BCUT2D eigenvalue weighted by Gasteiger charge is -2.50. The molecule has 0 aliphatic heterocycles. The van der Waals surface area contributed by atoms with Crippen LogP contribution in [0.4, 0.5) is 5.69 Å². The molecule has 3 aliphatic rings. The van der Waals surface area contributed by atoms with Gasteiger partial charge in [0.1, 0.15) is 22.8 Å². The molecule has 0 aromatic heterocycles. The first-order valence-electron chi connectivity index (χ1n) is 11.2. The number of hydrogen-bond donors (Lipinski definition) is 6. The number of primary amides is 1. The maximum atomic E-state index is 13.8. The number of ketones is 2. The van der Waals surface area contributed by atoms with Crippen LogP contribution in [-0.2, 0) is 27.3 Å². The van der Waals surface area contributed by atoms with Crippen molar-refractivity contribution in [2.45, 2.75) is 31.0 Å². The number of carbonyl (C=O) groups excluding carboxylic acids is 3. The lowest BCUT2D eigenvalue weighted by atomic mass is 9.57. The first kappa shape index (κ1) is 30.4. The molecular weight excluding hydrogens is 527 g/mol. The number of rotatable bonds is 4. The summed E-state index contributed by atoms with van der Waals surface area (Å²) in [6.07, 6.45) is 0.262. The van der Waals surface area contributed by atoms with Crippen LogP contribution >= 0.6 is 24.8 Å². The van der Waals surface area contributed by atoms with Crippen molar-refractivity contribution in [1.82, 2.24) is 4.90 Å².